The molecule has 124 valence electrons. The Kier molecular flexibility index (Phi) is 4.15. The zero-order valence-electron chi connectivity index (χ0n) is 12.8. The van der Waals surface area contributed by atoms with Gasteiger partial charge in [0.2, 0.25) is 5.76 Å². The van der Waals surface area contributed by atoms with Crippen LogP contribution in [0.15, 0.2) is 37.7 Å². The number of furan rings is 1. The highest BCUT2D eigenvalue weighted by molar-refractivity contribution is 9.10. The van der Waals surface area contributed by atoms with Crippen molar-refractivity contribution in [1.29, 1.82) is 0 Å². The van der Waals surface area contributed by atoms with Crippen LogP contribution in [-0.4, -0.2) is 28.2 Å². The number of rotatable bonds is 4. The first-order chi connectivity index (χ1) is 11.4. The lowest BCUT2D eigenvalue weighted by molar-refractivity contribution is -0.138. The molecular weight excluding hydrogens is 380 g/mol. The molecule has 24 heavy (non-hydrogen) atoms. The highest BCUT2D eigenvalue weighted by Crippen LogP contribution is 2.34. The molecule has 3 aromatic rings. The van der Waals surface area contributed by atoms with E-state index in [2.05, 4.69) is 26.4 Å². The fourth-order valence-corrected chi connectivity index (χ4v) is 2.62. The van der Waals surface area contributed by atoms with Gasteiger partial charge in [-0.3, -0.25) is 9.59 Å². The predicted molar refractivity (Wildman–Crippen MR) is 88.7 cm³/mol. The fraction of sp³-hybridized carbons (Fsp3) is 0.188. The summed E-state index contributed by atoms with van der Waals surface area (Å²) in [6, 6.07) is 6.02. The van der Waals surface area contributed by atoms with Gasteiger partial charge in [-0.15, -0.1) is 0 Å². The van der Waals surface area contributed by atoms with Crippen molar-refractivity contribution in [2.75, 3.05) is 0 Å². The van der Waals surface area contributed by atoms with Crippen molar-refractivity contribution < 1.29 is 23.6 Å². The van der Waals surface area contributed by atoms with Crippen LogP contribution in [0.2, 0.25) is 0 Å². The second-order valence-electron chi connectivity index (χ2n) is 5.31. The Morgan fingerprint density at radius 1 is 1.33 bits per heavy atom. The van der Waals surface area contributed by atoms with Crippen molar-refractivity contribution in [1.82, 2.24) is 10.5 Å². The zero-order valence-corrected chi connectivity index (χ0v) is 14.4. The minimum Gasteiger partial charge on any atom is -0.480 e. The second-order valence-corrected chi connectivity index (χ2v) is 6.22. The Balaban J connectivity index is 1.92. The van der Waals surface area contributed by atoms with Crippen LogP contribution < -0.4 is 5.32 Å². The normalized spacial score (nSPS) is 12.3. The van der Waals surface area contributed by atoms with Gasteiger partial charge in [-0.1, -0.05) is 21.1 Å². The lowest BCUT2D eigenvalue weighted by atomic mass is 10.1. The maximum absolute atomic E-state index is 12.0. The summed E-state index contributed by atoms with van der Waals surface area (Å²) < 4.78 is 11.7. The van der Waals surface area contributed by atoms with Crippen LogP contribution in [0.1, 0.15) is 23.0 Å². The van der Waals surface area contributed by atoms with E-state index >= 15 is 0 Å². The molecule has 0 aliphatic rings. The SMILES string of the molecule is Cc1c(-c2cc(C(=O)N[C@H](C)C(=O)O)on2)oc2ccc(Br)cc12. The molecule has 0 radical (unpaired) electrons. The van der Waals surface area contributed by atoms with Crippen LogP contribution >= 0.6 is 15.9 Å². The lowest BCUT2D eigenvalue weighted by Crippen LogP contribution is -2.38. The van der Waals surface area contributed by atoms with E-state index in [0.29, 0.717) is 17.0 Å². The van der Waals surface area contributed by atoms with E-state index < -0.39 is 17.9 Å². The number of carboxylic acids is 1. The van der Waals surface area contributed by atoms with E-state index in [-0.39, 0.29) is 5.76 Å². The summed E-state index contributed by atoms with van der Waals surface area (Å²) in [5, 5.41) is 15.9. The minimum absolute atomic E-state index is 0.0841. The maximum Gasteiger partial charge on any atom is 0.325 e. The average molecular weight is 393 g/mol. The van der Waals surface area contributed by atoms with Gasteiger partial charge in [-0.2, -0.15) is 0 Å². The summed E-state index contributed by atoms with van der Waals surface area (Å²) in [5.41, 5.74) is 1.93. The van der Waals surface area contributed by atoms with Gasteiger partial charge in [0, 0.05) is 21.5 Å². The van der Waals surface area contributed by atoms with Gasteiger partial charge in [0.1, 0.15) is 17.3 Å². The molecule has 2 N–H and O–H groups in total. The van der Waals surface area contributed by atoms with Gasteiger partial charge in [-0.25, -0.2) is 0 Å². The molecule has 7 nitrogen and oxygen atoms in total. The molecule has 3 rings (SSSR count). The van der Waals surface area contributed by atoms with Crippen molar-refractivity contribution in [2.45, 2.75) is 19.9 Å². The molecule has 1 atom stereocenters. The summed E-state index contributed by atoms with van der Waals surface area (Å²) in [5.74, 6) is -1.38. The smallest absolute Gasteiger partial charge is 0.325 e. The average Bonchev–Trinajstić information content (AvgIpc) is 3.13. The third-order valence-electron chi connectivity index (χ3n) is 3.58. The molecule has 2 aromatic heterocycles. The van der Waals surface area contributed by atoms with Crippen LogP contribution in [0, 0.1) is 6.92 Å². The number of aryl methyl sites for hydroxylation is 1. The van der Waals surface area contributed by atoms with E-state index in [1.54, 1.807) is 0 Å². The number of hydrogen-bond donors (Lipinski definition) is 2. The Morgan fingerprint density at radius 3 is 2.79 bits per heavy atom. The topological polar surface area (TPSA) is 106 Å². The molecule has 0 bridgehead atoms. The van der Waals surface area contributed by atoms with E-state index in [9.17, 15) is 9.59 Å². The van der Waals surface area contributed by atoms with Crippen LogP contribution in [0.5, 0.6) is 0 Å². The minimum atomic E-state index is -1.14. The number of nitrogens with one attached hydrogen (secondary N) is 1. The van der Waals surface area contributed by atoms with Gasteiger partial charge in [0.05, 0.1) is 0 Å². The van der Waals surface area contributed by atoms with Crippen molar-refractivity contribution in [3.05, 3.63) is 40.1 Å². The molecule has 8 heteroatoms. The van der Waals surface area contributed by atoms with E-state index in [1.807, 2.05) is 25.1 Å². The number of nitrogens with zero attached hydrogens (tertiary/aromatic N) is 1. The van der Waals surface area contributed by atoms with Crippen LogP contribution in [0.25, 0.3) is 22.4 Å². The molecule has 1 aromatic carbocycles. The van der Waals surface area contributed by atoms with Crippen LogP contribution in [-0.2, 0) is 4.79 Å². The van der Waals surface area contributed by atoms with Crippen LogP contribution in [0.3, 0.4) is 0 Å². The first kappa shape index (κ1) is 16.3. The van der Waals surface area contributed by atoms with Gasteiger partial charge in [0.25, 0.3) is 5.91 Å². The number of hydrogen-bond acceptors (Lipinski definition) is 5. The Labute approximate surface area is 144 Å². The third kappa shape index (κ3) is 2.92. The molecule has 0 fully saturated rings. The molecule has 0 saturated heterocycles. The maximum atomic E-state index is 12.0. The Hall–Kier alpha value is -2.61. The van der Waals surface area contributed by atoms with E-state index in [1.165, 1.54) is 13.0 Å². The number of aromatic nitrogens is 1. The highest BCUT2D eigenvalue weighted by atomic mass is 79.9. The number of halogens is 1. The summed E-state index contributed by atoms with van der Waals surface area (Å²) in [6.07, 6.45) is 0. The van der Waals surface area contributed by atoms with E-state index in [4.69, 9.17) is 14.0 Å². The predicted octanol–water partition coefficient (Wildman–Crippen LogP) is 3.36. The van der Waals surface area contributed by atoms with E-state index in [0.717, 1.165) is 15.4 Å². The number of benzene rings is 1. The summed E-state index contributed by atoms with van der Waals surface area (Å²) in [6.45, 7) is 3.24. The Morgan fingerprint density at radius 2 is 2.08 bits per heavy atom. The zero-order chi connectivity index (χ0) is 17.4. The fourth-order valence-electron chi connectivity index (χ4n) is 2.26. The summed E-state index contributed by atoms with van der Waals surface area (Å²) in [4.78, 5) is 22.7. The molecule has 0 aliphatic heterocycles. The quantitative estimate of drug-likeness (QED) is 0.704. The van der Waals surface area contributed by atoms with Gasteiger partial charge >= 0.3 is 5.97 Å². The van der Waals surface area contributed by atoms with Crippen molar-refractivity contribution >= 4 is 38.8 Å². The van der Waals surface area contributed by atoms with Crippen molar-refractivity contribution in [3.63, 3.8) is 0 Å². The summed E-state index contributed by atoms with van der Waals surface area (Å²) in [7, 11) is 0. The highest BCUT2D eigenvalue weighted by Gasteiger charge is 2.22. The second kappa shape index (κ2) is 6.12. The molecule has 0 saturated carbocycles. The van der Waals surface area contributed by atoms with Gasteiger partial charge in [-0.05, 0) is 32.0 Å². The molecule has 0 spiro atoms. The molecule has 1 amide bonds. The first-order valence-corrected chi connectivity index (χ1v) is 7.85. The van der Waals surface area contributed by atoms with Crippen molar-refractivity contribution in [3.8, 4) is 11.5 Å². The standard InChI is InChI=1S/C16H13BrN2O5/c1-7-10-5-9(17)3-4-12(10)23-14(7)11-6-13(24-19-11)15(20)18-8(2)16(21)22/h3-6,8H,1-2H3,(H,18,20)(H,21,22)/t8-/m1/s1. The van der Waals surface area contributed by atoms with Crippen molar-refractivity contribution in [2.24, 2.45) is 0 Å². The number of fused-ring (bicyclic) bond motifs is 1. The third-order valence-corrected chi connectivity index (χ3v) is 4.08. The first-order valence-electron chi connectivity index (χ1n) is 7.06. The molecule has 2 heterocycles. The lowest BCUT2D eigenvalue weighted by Gasteiger charge is -2.06. The number of carbonyl (C=O) groups is 2. The molecule has 0 aliphatic carbocycles. The number of amides is 1. The molecular formula is C16H13BrN2O5. The molecule has 0 unspecified atom stereocenters. The number of aliphatic carboxylic acids is 1. The number of carboxylic acid groups (broad SMARTS) is 1. The Bertz CT molecular complexity index is 943. The van der Waals surface area contributed by atoms with Gasteiger partial charge < -0.3 is 19.4 Å². The number of carbonyl (C=O) groups excluding carboxylic acids is 1. The van der Waals surface area contributed by atoms with Gasteiger partial charge in [0.15, 0.2) is 5.76 Å². The summed E-state index contributed by atoms with van der Waals surface area (Å²) >= 11 is 3.41. The van der Waals surface area contributed by atoms with Crippen LogP contribution in [0.4, 0.5) is 0 Å². The monoisotopic (exact) mass is 392 g/mol. The largest absolute Gasteiger partial charge is 0.480 e.